The van der Waals surface area contributed by atoms with Gasteiger partial charge >= 0.3 is 6.18 Å². The zero-order chi connectivity index (χ0) is 25.4. The van der Waals surface area contributed by atoms with Crippen LogP contribution in [0.2, 0.25) is 0 Å². The molecule has 2 atom stereocenters. The molecular weight excluding hydrogens is 457 g/mol. The summed E-state index contributed by atoms with van der Waals surface area (Å²) in [5.41, 5.74) is -2.07. The number of rotatable bonds is 7. The SMILES string of the molecule is CCC(C)(CC(O)(Cc1cc2cc(=O)[nH]cc2[nH]1)C(F)(F)F)c1cc(-c2ccccc2)ccc1O. The van der Waals surface area contributed by atoms with Gasteiger partial charge < -0.3 is 20.2 Å². The highest BCUT2D eigenvalue weighted by atomic mass is 19.4. The minimum atomic E-state index is -4.94. The number of benzene rings is 2. The maximum absolute atomic E-state index is 14.4. The third-order valence-corrected chi connectivity index (χ3v) is 6.81. The zero-order valence-electron chi connectivity index (χ0n) is 19.4. The third kappa shape index (κ3) is 4.84. The van der Waals surface area contributed by atoms with Crippen molar-refractivity contribution in [2.75, 3.05) is 0 Å². The normalized spacial score (nSPS) is 15.6. The molecule has 2 unspecified atom stereocenters. The molecule has 8 heteroatoms. The summed E-state index contributed by atoms with van der Waals surface area (Å²) < 4.78 is 43.1. The molecule has 4 rings (SSSR count). The quantitative estimate of drug-likeness (QED) is 0.266. The van der Waals surface area contributed by atoms with Crippen LogP contribution in [0.3, 0.4) is 0 Å². The first-order chi connectivity index (χ1) is 16.4. The fraction of sp³-hybridized carbons (Fsp3) is 0.296. The van der Waals surface area contributed by atoms with Crippen molar-refractivity contribution in [1.29, 1.82) is 0 Å². The molecule has 0 amide bonds. The summed E-state index contributed by atoms with van der Waals surface area (Å²) >= 11 is 0. The number of aliphatic hydroxyl groups is 1. The number of fused-ring (bicyclic) bond motifs is 1. The first kappa shape index (κ1) is 24.6. The zero-order valence-corrected chi connectivity index (χ0v) is 19.4. The number of phenolic OH excluding ortho intramolecular Hbond substituents is 1. The van der Waals surface area contributed by atoms with Crippen molar-refractivity contribution in [3.8, 4) is 16.9 Å². The van der Waals surface area contributed by atoms with Crippen molar-refractivity contribution in [2.24, 2.45) is 0 Å². The van der Waals surface area contributed by atoms with Crippen LogP contribution >= 0.6 is 0 Å². The Bertz CT molecular complexity index is 1390. The molecule has 0 spiro atoms. The fourth-order valence-electron chi connectivity index (χ4n) is 4.67. The Balaban J connectivity index is 1.74. The smallest absolute Gasteiger partial charge is 0.417 e. The number of halogens is 3. The van der Waals surface area contributed by atoms with Gasteiger partial charge in [0.15, 0.2) is 5.60 Å². The number of phenols is 1. The first-order valence-corrected chi connectivity index (χ1v) is 11.3. The van der Waals surface area contributed by atoms with Crippen molar-refractivity contribution in [2.45, 2.75) is 50.3 Å². The summed E-state index contributed by atoms with van der Waals surface area (Å²) in [6.45, 7) is 3.36. The molecule has 35 heavy (non-hydrogen) atoms. The van der Waals surface area contributed by atoms with Crippen LogP contribution in [0, 0.1) is 0 Å². The number of hydrogen-bond donors (Lipinski definition) is 4. The lowest BCUT2D eigenvalue weighted by Crippen LogP contribution is -2.51. The molecule has 2 aromatic heterocycles. The van der Waals surface area contributed by atoms with Crippen LogP contribution in [0.4, 0.5) is 13.2 Å². The predicted octanol–water partition coefficient (Wildman–Crippen LogP) is 5.82. The highest BCUT2D eigenvalue weighted by Gasteiger charge is 2.56. The van der Waals surface area contributed by atoms with Gasteiger partial charge in [-0.2, -0.15) is 13.2 Å². The van der Waals surface area contributed by atoms with Gasteiger partial charge in [0.05, 0.1) is 5.52 Å². The van der Waals surface area contributed by atoms with Crippen molar-refractivity contribution in [3.63, 3.8) is 0 Å². The van der Waals surface area contributed by atoms with Gasteiger partial charge in [0.25, 0.3) is 0 Å². The van der Waals surface area contributed by atoms with Crippen LogP contribution in [0.25, 0.3) is 22.0 Å². The van der Waals surface area contributed by atoms with Crippen molar-refractivity contribution in [3.05, 3.63) is 88.5 Å². The van der Waals surface area contributed by atoms with Gasteiger partial charge in [0.1, 0.15) is 5.75 Å². The van der Waals surface area contributed by atoms with E-state index in [1.165, 1.54) is 24.4 Å². The number of H-pyrrole nitrogens is 2. The summed E-state index contributed by atoms with van der Waals surface area (Å²) in [6, 6.07) is 17.0. The van der Waals surface area contributed by atoms with Gasteiger partial charge in [-0.1, -0.05) is 50.2 Å². The standard InChI is InChI=1S/C27H27F3N2O3/c1-3-25(2,21-12-18(9-10-23(21)33)17-7-5-4-6-8-17)16-26(35,27(28,29)30)14-20-11-19-13-24(34)31-15-22(19)32-20/h4-13,15,32-33,35H,3,14,16H2,1-2H3,(H,31,34). The molecule has 0 aliphatic carbocycles. The van der Waals surface area contributed by atoms with Crippen LogP contribution in [0.1, 0.15) is 37.9 Å². The van der Waals surface area contributed by atoms with Crippen LogP contribution in [-0.4, -0.2) is 32.0 Å². The molecule has 184 valence electrons. The van der Waals surface area contributed by atoms with E-state index in [4.69, 9.17) is 0 Å². The van der Waals surface area contributed by atoms with Crippen molar-refractivity contribution < 1.29 is 23.4 Å². The minimum Gasteiger partial charge on any atom is -0.508 e. The van der Waals surface area contributed by atoms with Crippen LogP contribution < -0.4 is 5.56 Å². The molecule has 0 saturated carbocycles. The van der Waals surface area contributed by atoms with E-state index >= 15 is 0 Å². The average molecular weight is 485 g/mol. The van der Waals surface area contributed by atoms with Crippen molar-refractivity contribution >= 4 is 10.9 Å². The Morgan fingerprint density at radius 3 is 2.34 bits per heavy atom. The molecule has 0 saturated heterocycles. The molecule has 0 radical (unpaired) electrons. The summed E-state index contributed by atoms with van der Waals surface area (Å²) in [5, 5.41) is 22.2. The summed E-state index contributed by atoms with van der Waals surface area (Å²) in [5.74, 6) is -0.123. The van der Waals surface area contributed by atoms with Gasteiger partial charge in [-0.3, -0.25) is 4.79 Å². The van der Waals surface area contributed by atoms with E-state index in [1.807, 2.05) is 30.3 Å². The molecule has 5 nitrogen and oxygen atoms in total. The van der Waals surface area contributed by atoms with Gasteiger partial charge in [-0.25, -0.2) is 0 Å². The van der Waals surface area contributed by atoms with Gasteiger partial charge in [-0.15, -0.1) is 0 Å². The Hall–Kier alpha value is -3.52. The molecule has 2 heterocycles. The third-order valence-electron chi connectivity index (χ3n) is 6.81. The molecule has 0 bridgehead atoms. The molecular formula is C27H27F3N2O3. The molecule has 4 aromatic rings. The van der Waals surface area contributed by atoms with E-state index in [2.05, 4.69) is 9.97 Å². The number of aromatic amines is 2. The number of aromatic nitrogens is 2. The number of nitrogens with one attached hydrogen (secondary N) is 2. The lowest BCUT2D eigenvalue weighted by atomic mass is 9.70. The Morgan fingerprint density at radius 2 is 1.69 bits per heavy atom. The van der Waals surface area contributed by atoms with Gasteiger partial charge in [-0.05, 0) is 47.6 Å². The summed E-state index contributed by atoms with van der Waals surface area (Å²) in [4.78, 5) is 16.9. The van der Waals surface area contributed by atoms with E-state index in [-0.39, 0.29) is 23.4 Å². The summed E-state index contributed by atoms with van der Waals surface area (Å²) in [7, 11) is 0. The second-order valence-electron chi connectivity index (χ2n) is 9.36. The molecule has 0 aliphatic heterocycles. The average Bonchev–Trinajstić information content (AvgIpc) is 3.20. The Labute approximate surface area is 200 Å². The largest absolute Gasteiger partial charge is 0.508 e. The molecule has 0 aliphatic rings. The molecule has 0 fully saturated rings. The van der Waals surface area contributed by atoms with Gasteiger partial charge in [0, 0.05) is 35.3 Å². The number of alkyl halides is 3. The first-order valence-electron chi connectivity index (χ1n) is 11.3. The number of aromatic hydroxyl groups is 1. The Kier molecular flexibility index (Phi) is 6.27. The Morgan fingerprint density at radius 1 is 0.971 bits per heavy atom. The highest BCUT2D eigenvalue weighted by Crippen LogP contribution is 2.47. The minimum absolute atomic E-state index is 0.123. The monoisotopic (exact) mass is 484 g/mol. The second kappa shape index (κ2) is 8.92. The van der Waals surface area contributed by atoms with Gasteiger partial charge in [0.2, 0.25) is 5.56 Å². The summed E-state index contributed by atoms with van der Waals surface area (Å²) in [6.07, 6.45) is -4.70. The molecule has 4 N–H and O–H groups in total. The van der Waals surface area contributed by atoms with E-state index in [9.17, 15) is 28.2 Å². The maximum Gasteiger partial charge on any atom is 0.417 e. The van der Waals surface area contributed by atoms with E-state index in [0.717, 1.165) is 11.1 Å². The van der Waals surface area contributed by atoms with Crippen LogP contribution in [-0.2, 0) is 11.8 Å². The topological polar surface area (TPSA) is 89.1 Å². The van der Waals surface area contributed by atoms with Crippen molar-refractivity contribution in [1.82, 2.24) is 9.97 Å². The van der Waals surface area contributed by atoms with E-state index in [1.54, 1.807) is 26.0 Å². The lowest BCUT2D eigenvalue weighted by molar-refractivity contribution is -0.267. The van der Waals surface area contributed by atoms with Crippen LogP contribution in [0.15, 0.2) is 71.7 Å². The van der Waals surface area contributed by atoms with Crippen LogP contribution in [0.5, 0.6) is 5.75 Å². The highest BCUT2D eigenvalue weighted by molar-refractivity contribution is 5.79. The lowest BCUT2D eigenvalue weighted by Gasteiger charge is -2.40. The van der Waals surface area contributed by atoms with E-state index < -0.39 is 30.0 Å². The fourth-order valence-corrected chi connectivity index (χ4v) is 4.67. The maximum atomic E-state index is 14.4. The van der Waals surface area contributed by atoms with E-state index in [0.29, 0.717) is 16.5 Å². The molecule has 2 aromatic carbocycles. The number of pyridine rings is 1. The second-order valence-corrected chi connectivity index (χ2v) is 9.36. The predicted molar refractivity (Wildman–Crippen MR) is 129 cm³/mol. The number of hydrogen-bond acceptors (Lipinski definition) is 3.